The molecule has 0 bridgehead atoms. The lowest BCUT2D eigenvalue weighted by Crippen LogP contribution is -2.70. The highest BCUT2D eigenvalue weighted by Crippen LogP contribution is 2.71. The van der Waals surface area contributed by atoms with Crippen LogP contribution in [0, 0.1) is 34.5 Å². The van der Waals surface area contributed by atoms with Crippen molar-refractivity contribution < 1.29 is 42.5 Å². The number of aliphatic hydroxyl groups excluding tert-OH is 1. The van der Waals surface area contributed by atoms with E-state index in [1.807, 2.05) is 0 Å². The summed E-state index contributed by atoms with van der Waals surface area (Å²) in [7, 11) is 1.11. The van der Waals surface area contributed by atoms with Crippen molar-refractivity contribution in [1.29, 1.82) is 0 Å². The van der Waals surface area contributed by atoms with Crippen LogP contribution >= 0.6 is 0 Å². The highest BCUT2D eigenvalue weighted by molar-refractivity contribution is 6.01. The predicted octanol–water partition coefficient (Wildman–Crippen LogP) is 3.23. The SMILES string of the molecule is COC(=O)C(C)C(=O)O[C@]1(C(=O)CF)[C@@H](C)C[C@H]2[C@@H]3CCC4=CC(=O)C=C[C@]4(C)[C@@]3(F)[C@@H](O)C[C@@]21C. The first kappa shape index (κ1) is 26.6. The number of halogens is 2. The maximum Gasteiger partial charge on any atom is 0.321 e. The number of Topliss-reactive ketones (excluding diaryl/α,β-unsaturated/α-hetero) is 1. The number of methoxy groups -OCH3 is 1. The summed E-state index contributed by atoms with van der Waals surface area (Å²) >= 11 is 0. The molecule has 3 fully saturated rings. The van der Waals surface area contributed by atoms with Crippen molar-refractivity contribution in [2.45, 2.75) is 70.8 Å². The first-order chi connectivity index (χ1) is 16.7. The van der Waals surface area contributed by atoms with Gasteiger partial charge in [-0.3, -0.25) is 19.2 Å². The number of alkyl halides is 2. The molecule has 9 heteroatoms. The zero-order valence-electron chi connectivity index (χ0n) is 21.3. The van der Waals surface area contributed by atoms with E-state index in [2.05, 4.69) is 4.74 Å². The average molecular weight is 509 g/mol. The van der Waals surface area contributed by atoms with Crippen LogP contribution in [0.5, 0.6) is 0 Å². The summed E-state index contributed by atoms with van der Waals surface area (Å²) in [5.41, 5.74) is -6.02. The molecule has 0 radical (unpaired) electrons. The molecule has 0 amide bonds. The molecular formula is C27H34F2O7. The van der Waals surface area contributed by atoms with Gasteiger partial charge in [-0.2, -0.15) is 0 Å². The van der Waals surface area contributed by atoms with E-state index in [1.54, 1.807) is 20.8 Å². The lowest BCUT2D eigenvalue weighted by Gasteiger charge is -2.62. The number of fused-ring (bicyclic) bond motifs is 5. The van der Waals surface area contributed by atoms with Crippen LogP contribution in [0.4, 0.5) is 8.78 Å². The minimum atomic E-state index is -2.14. The Kier molecular flexibility index (Phi) is 6.34. The van der Waals surface area contributed by atoms with Gasteiger partial charge in [0.1, 0.15) is 0 Å². The first-order valence-electron chi connectivity index (χ1n) is 12.5. The average Bonchev–Trinajstić information content (AvgIpc) is 3.05. The number of allylic oxidation sites excluding steroid dienone is 4. The zero-order valence-corrected chi connectivity index (χ0v) is 21.3. The first-order valence-corrected chi connectivity index (χ1v) is 12.5. The smallest absolute Gasteiger partial charge is 0.321 e. The van der Waals surface area contributed by atoms with Gasteiger partial charge in [0.2, 0.25) is 5.78 Å². The number of rotatable bonds is 5. The van der Waals surface area contributed by atoms with Gasteiger partial charge in [0.25, 0.3) is 0 Å². The zero-order chi connectivity index (χ0) is 26.8. The third kappa shape index (κ3) is 3.17. The third-order valence-electron chi connectivity index (χ3n) is 9.89. The Morgan fingerprint density at radius 2 is 1.89 bits per heavy atom. The van der Waals surface area contributed by atoms with Crippen molar-refractivity contribution in [3.63, 3.8) is 0 Å². The molecule has 3 saturated carbocycles. The number of esters is 2. The molecule has 1 unspecified atom stereocenters. The topological polar surface area (TPSA) is 107 Å². The predicted molar refractivity (Wildman–Crippen MR) is 124 cm³/mol. The van der Waals surface area contributed by atoms with Crippen LogP contribution in [-0.4, -0.2) is 59.8 Å². The molecule has 0 aliphatic heterocycles. The fraction of sp³-hybridized carbons (Fsp3) is 0.704. The lowest BCUT2D eigenvalue weighted by atomic mass is 9.44. The summed E-state index contributed by atoms with van der Waals surface area (Å²) in [5, 5.41) is 11.4. The van der Waals surface area contributed by atoms with Crippen LogP contribution in [-0.2, 0) is 28.7 Å². The number of ether oxygens (including phenoxy) is 2. The van der Waals surface area contributed by atoms with Gasteiger partial charge in [-0.25, -0.2) is 8.78 Å². The number of hydrogen-bond donors (Lipinski definition) is 1. The summed E-state index contributed by atoms with van der Waals surface area (Å²) in [6.45, 7) is 4.85. The van der Waals surface area contributed by atoms with Crippen LogP contribution in [0.1, 0.15) is 53.4 Å². The Labute approximate surface area is 209 Å². The van der Waals surface area contributed by atoms with Gasteiger partial charge < -0.3 is 14.6 Å². The summed E-state index contributed by atoms with van der Waals surface area (Å²) in [6, 6.07) is 0. The highest BCUT2D eigenvalue weighted by Gasteiger charge is 2.77. The van der Waals surface area contributed by atoms with Crippen molar-refractivity contribution in [3.05, 3.63) is 23.8 Å². The summed E-state index contributed by atoms with van der Waals surface area (Å²) < 4.78 is 41.8. The van der Waals surface area contributed by atoms with Crippen LogP contribution in [0.15, 0.2) is 23.8 Å². The molecular weight excluding hydrogens is 474 g/mol. The molecule has 0 aromatic carbocycles. The molecule has 36 heavy (non-hydrogen) atoms. The largest absolute Gasteiger partial charge is 0.468 e. The second-order valence-electron chi connectivity index (χ2n) is 11.4. The molecule has 7 nitrogen and oxygen atoms in total. The van der Waals surface area contributed by atoms with E-state index in [-0.39, 0.29) is 18.6 Å². The normalized spacial score (nSPS) is 44.0. The lowest BCUT2D eigenvalue weighted by molar-refractivity contribution is -0.229. The standard InChI is InChI=1S/C27H34F2O7/c1-14-10-19-18-7-6-16-11-17(30)8-9-24(16,3)26(18,29)20(31)12-25(19,4)27(14,21(32)13-28)36-23(34)15(2)22(33)35-5/h8-9,11,14-15,18-20,31H,6-7,10,12-13H2,1-5H3/t14-,15?,18-,19-,20-,24-,25-,26-,27-/m0/s1. The minimum absolute atomic E-state index is 0.228. The highest BCUT2D eigenvalue weighted by atomic mass is 19.1. The van der Waals surface area contributed by atoms with Crippen molar-refractivity contribution in [2.24, 2.45) is 34.5 Å². The molecule has 4 aliphatic rings. The Bertz CT molecular complexity index is 1070. The Hall–Kier alpha value is -2.42. The molecule has 198 valence electrons. The third-order valence-corrected chi connectivity index (χ3v) is 9.89. The van der Waals surface area contributed by atoms with E-state index in [0.717, 1.165) is 7.11 Å². The fourth-order valence-corrected chi connectivity index (χ4v) is 8.02. The Morgan fingerprint density at radius 3 is 2.50 bits per heavy atom. The van der Waals surface area contributed by atoms with E-state index in [1.165, 1.54) is 25.2 Å². The van der Waals surface area contributed by atoms with E-state index in [0.29, 0.717) is 18.4 Å². The maximum atomic E-state index is 17.3. The molecule has 0 spiro atoms. The molecule has 4 rings (SSSR count). The summed E-state index contributed by atoms with van der Waals surface area (Å²) in [6.07, 6.45) is 3.45. The van der Waals surface area contributed by atoms with E-state index < -0.39 is 76.3 Å². The van der Waals surface area contributed by atoms with Crippen LogP contribution < -0.4 is 0 Å². The molecule has 9 atom stereocenters. The molecule has 0 saturated heterocycles. The number of carbonyl (C=O) groups is 4. The second-order valence-corrected chi connectivity index (χ2v) is 11.4. The van der Waals surface area contributed by atoms with Gasteiger partial charge in [-0.15, -0.1) is 0 Å². The van der Waals surface area contributed by atoms with Crippen LogP contribution in [0.25, 0.3) is 0 Å². The molecule has 0 aromatic rings. The number of aliphatic hydroxyl groups is 1. The van der Waals surface area contributed by atoms with Crippen molar-refractivity contribution in [3.8, 4) is 0 Å². The summed E-state index contributed by atoms with van der Waals surface area (Å²) in [4.78, 5) is 50.3. The molecule has 1 N–H and O–H groups in total. The van der Waals surface area contributed by atoms with Gasteiger partial charge >= 0.3 is 11.9 Å². The van der Waals surface area contributed by atoms with Gasteiger partial charge in [0, 0.05) is 22.7 Å². The van der Waals surface area contributed by atoms with Crippen molar-refractivity contribution in [1.82, 2.24) is 0 Å². The summed E-state index contributed by atoms with van der Waals surface area (Å²) in [5.74, 6) is -6.38. The molecule has 4 aliphatic carbocycles. The number of carbonyl (C=O) groups excluding carboxylic acids is 4. The quantitative estimate of drug-likeness (QED) is 0.449. The van der Waals surface area contributed by atoms with Crippen LogP contribution in [0.2, 0.25) is 0 Å². The van der Waals surface area contributed by atoms with E-state index in [9.17, 15) is 28.7 Å². The molecule has 0 aromatic heterocycles. The van der Waals surface area contributed by atoms with Crippen LogP contribution in [0.3, 0.4) is 0 Å². The number of ketones is 2. The van der Waals surface area contributed by atoms with Gasteiger partial charge in [-0.05, 0) is 57.6 Å². The monoisotopic (exact) mass is 508 g/mol. The van der Waals surface area contributed by atoms with Gasteiger partial charge in [-0.1, -0.05) is 25.5 Å². The van der Waals surface area contributed by atoms with Crippen molar-refractivity contribution in [2.75, 3.05) is 13.8 Å². The minimum Gasteiger partial charge on any atom is -0.468 e. The number of hydrogen-bond acceptors (Lipinski definition) is 7. The Morgan fingerprint density at radius 1 is 1.22 bits per heavy atom. The second kappa shape index (κ2) is 8.57. The molecule has 0 heterocycles. The van der Waals surface area contributed by atoms with E-state index in [4.69, 9.17) is 4.74 Å². The van der Waals surface area contributed by atoms with Gasteiger partial charge in [0.05, 0.1) is 13.2 Å². The maximum absolute atomic E-state index is 17.3. The van der Waals surface area contributed by atoms with E-state index >= 15 is 4.39 Å². The van der Waals surface area contributed by atoms with Gasteiger partial charge in [0.15, 0.2) is 29.6 Å². The fourth-order valence-electron chi connectivity index (χ4n) is 8.02. The van der Waals surface area contributed by atoms with Crippen molar-refractivity contribution >= 4 is 23.5 Å². The Balaban J connectivity index is 1.81.